The summed E-state index contributed by atoms with van der Waals surface area (Å²) in [6.07, 6.45) is 3.10. The number of thiazole rings is 1. The predicted octanol–water partition coefficient (Wildman–Crippen LogP) is 3.86. The number of nitrogens with zero attached hydrogens (tertiary/aromatic N) is 1. The summed E-state index contributed by atoms with van der Waals surface area (Å²) in [6, 6.07) is 6.97. The van der Waals surface area contributed by atoms with E-state index in [1.165, 1.54) is 29.5 Å². The first-order chi connectivity index (χ1) is 9.78. The lowest BCUT2D eigenvalue weighted by Crippen LogP contribution is -2.11. The molecule has 1 fully saturated rings. The Bertz CT molecular complexity index is 590. The lowest BCUT2D eigenvalue weighted by Gasteiger charge is -2.00. The van der Waals surface area contributed by atoms with Crippen LogP contribution in [-0.4, -0.2) is 11.5 Å². The van der Waals surface area contributed by atoms with Crippen LogP contribution in [0.25, 0.3) is 0 Å². The van der Waals surface area contributed by atoms with Gasteiger partial charge in [0.05, 0.1) is 10.7 Å². The third kappa shape index (κ3) is 3.07. The highest BCUT2D eigenvalue weighted by atomic mass is 32.1. The fourth-order valence-electron chi connectivity index (χ4n) is 2.34. The van der Waals surface area contributed by atoms with Gasteiger partial charge in [-0.2, -0.15) is 0 Å². The third-order valence-corrected chi connectivity index (χ3v) is 4.64. The van der Waals surface area contributed by atoms with Crippen molar-refractivity contribution < 1.29 is 4.39 Å². The molecule has 1 aliphatic carbocycles. The number of hydrogen-bond acceptors (Lipinski definition) is 3. The number of halogens is 1. The standard InChI is InChI=1S/C16H19FN2S/c1-2-18-10-14-16(11-7-8-11)19-15(20-14)9-12-5-3-4-6-13(12)17/h3-6,11,18H,2,7-10H2,1H3. The van der Waals surface area contributed by atoms with Gasteiger partial charge in [-0.3, -0.25) is 0 Å². The largest absolute Gasteiger partial charge is 0.312 e. The summed E-state index contributed by atoms with van der Waals surface area (Å²) in [6.45, 7) is 3.96. The van der Waals surface area contributed by atoms with Crippen molar-refractivity contribution in [2.75, 3.05) is 6.54 Å². The van der Waals surface area contributed by atoms with Crippen LogP contribution in [0.15, 0.2) is 24.3 Å². The van der Waals surface area contributed by atoms with Crippen LogP contribution in [0, 0.1) is 5.82 Å². The first-order valence-electron chi connectivity index (χ1n) is 7.20. The van der Waals surface area contributed by atoms with Crippen molar-refractivity contribution >= 4 is 11.3 Å². The highest BCUT2D eigenvalue weighted by molar-refractivity contribution is 7.11. The molecule has 1 saturated carbocycles. The molecule has 4 heteroatoms. The van der Waals surface area contributed by atoms with Gasteiger partial charge in [0.1, 0.15) is 5.82 Å². The fourth-order valence-corrected chi connectivity index (χ4v) is 3.48. The molecule has 20 heavy (non-hydrogen) atoms. The minimum atomic E-state index is -0.135. The lowest BCUT2D eigenvalue weighted by molar-refractivity contribution is 0.613. The molecular weight excluding hydrogens is 271 g/mol. The van der Waals surface area contributed by atoms with Crippen LogP contribution in [0.5, 0.6) is 0 Å². The summed E-state index contributed by atoms with van der Waals surface area (Å²) in [5.74, 6) is 0.512. The van der Waals surface area contributed by atoms with Gasteiger partial charge in [0.15, 0.2) is 0 Å². The van der Waals surface area contributed by atoms with Crippen molar-refractivity contribution in [1.29, 1.82) is 0 Å². The van der Waals surface area contributed by atoms with Gasteiger partial charge in [0.2, 0.25) is 0 Å². The SMILES string of the molecule is CCNCc1sc(Cc2ccccc2F)nc1C1CC1. The average Bonchev–Trinajstić information content (AvgIpc) is 3.21. The number of rotatable bonds is 6. The average molecular weight is 290 g/mol. The molecule has 1 heterocycles. The number of aromatic nitrogens is 1. The smallest absolute Gasteiger partial charge is 0.126 e. The van der Waals surface area contributed by atoms with Crippen molar-refractivity contribution in [3.8, 4) is 0 Å². The van der Waals surface area contributed by atoms with Crippen LogP contribution in [0.1, 0.15) is 46.8 Å². The molecular formula is C16H19FN2S. The Morgan fingerprint density at radius 1 is 1.35 bits per heavy atom. The molecule has 1 aromatic carbocycles. The van der Waals surface area contributed by atoms with E-state index >= 15 is 0 Å². The van der Waals surface area contributed by atoms with Gasteiger partial charge >= 0.3 is 0 Å². The third-order valence-electron chi connectivity index (χ3n) is 3.57. The number of benzene rings is 1. The molecule has 0 atom stereocenters. The first-order valence-corrected chi connectivity index (χ1v) is 8.02. The molecule has 0 unspecified atom stereocenters. The quantitative estimate of drug-likeness (QED) is 0.874. The molecule has 0 aliphatic heterocycles. The van der Waals surface area contributed by atoms with E-state index in [0.29, 0.717) is 12.3 Å². The molecule has 0 bridgehead atoms. The summed E-state index contributed by atoms with van der Waals surface area (Å²) < 4.78 is 13.7. The van der Waals surface area contributed by atoms with E-state index in [2.05, 4.69) is 12.2 Å². The lowest BCUT2D eigenvalue weighted by atomic mass is 10.1. The molecule has 2 nitrogen and oxygen atoms in total. The zero-order valence-corrected chi connectivity index (χ0v) is 12.5. The molecule has 0 radical (unpaired) electrons. The maximum Gasteiger partial charge on any atom is 0.126 e. The van der Waals surface area contributed by atoms with Gasteiger partial charge in [-0.1, -0.05) is 25.1 Å². The molecule has 3 rings (SSSR count). The van der Waals surface area contributed by atoms with Crippen LogP contribution < -0.4 is 5.32 Å². The summed E-state index contributed by atoms with van der Waals surface area (Å²) in [5, 5.41) is 4.40. The van der Waals surface area contributed by atoms with Crippen molar-refractivity contribution in [1.82, 2.24) is 10.3 Å². The van der Waals surface area contributed by atoms with Gasteiger partial charge in [-0.05, 0) is 31.0 Å². The molecule has 0 saturated heterocycles. The van der Waals surface area contributed by atoms with Crippen molar-refractivity contribution in [2.24, 2.45) is 0 Å². The number of hydrogen-bond donors (Lipinski definition) is 1. The maximum absolute atomic E-state index is 13.7. The normalized spacial score (nSPS) is 14.7. The molecule has 0 spiro atoms. The Kier molecular flexibility index (Phi) is 4.13. The topological polar surface area (TPSA) is 24.9 Å². The molecule has 106 valence electrons. The summed E-state index contributed by atoms with van der Waals surface area (Å²) >= 11 is 1.73. The van der Waals surface area contributed by atoms with E-state index in [-0.39, 0.29) is 5.82 Å². The van der Waals surface area contributed by atoms with Crippen LogP contribution >= 0.6 is 11.3 Å². The van der Waals surface area contributed by atoms with Crippen LogP contribution in [0.4, 0.5) is 4.39 Å². The Hall–Kier alpha value is -1.26. The summed E-state index contributed by atoms with van der Waals surface area (Å²) in [5.41, 5.74) is 1.99. The predicted molar refractivity (Wildman–Crippen MR) is 80.7 cm³/mol. The Morgan fingerprint density at radius 2 is 2.15 bits per heavy atom. The van der Waals surface area contributed by atoms with E-state index in [9.17, 15) is 4.39 Å². The molecule has 0 amide bonds. The van der Waals surface area contributed by atoms with Crippen LogP contribution in [0.3, 0.4) is 0 Å². The van der Waals surface area contributed by atoms with Crippen molar-refractivity contribution in [2.45, 2.75) is 38.6 Å². The van der Waals surface area contributed by atoms with E-state index in [4.69, 9.17) is 4.98 Å². The van der Waals surface area contributed by atoms with E-state index < -0.39 is 0 Å². The first kappa shape index (κ1) is 13.7. The van der Waals surface area contributed by atoms with E-state index in [1.54, 1.807) is 17.4 Å². The van der Waals surface area contributed by atoms with E-state index in [0.717, 1.165) is 23.7 Å². The van der Waals surface area contributed by atoms with E-state index in [1.807, 2.05) is 12.1 Å². The Morgan fingerprint density at radius 3 is 2.85 bits per heavy atom. The highest BCUT2D eigenvalue weighted by Gasteiger charge is 2.29. The second-order valence-electron chi connectivity index (χ2n) is 5.24. The second kappa shape index (κ2) is 6.02. The number of nitrogens with one attached hydrogen (secondary N) is 1. The zero-order valence-electron chi connectivity index (χ0n) is 11.7. The Labute approximate surface area is 123 Å². The monoisotopic (exact) mass is 290 g/mol. The maximum atomic E-state index is 13.7. The summed E-state index contributed by atoms with van der Waals surface area (Å²) in [4.78, 5) is 6.11. The highest BCUT2D eigenvalue weighted by Crippen LogP contribution is 2.42. The molecule has 2 aromatic rings. The second-order valence-corrected chi connectivity index (χ2v) is 6.41. The van der Waals surface area contributed by atoms with Gasteiger partial charge < -0.3 is 5.32 Å². The Balaban J connectivity index is 1.81. The van der Waals surface area contributed by atoms with Gasteiger partial charge in [0.25, 0.3) is 0 Å². The van der Waals surface area contributed by atoms with Crippen molar-refractivity contribution in [3.63, 3.8) is 0 Å². The minimum absolute atomic E-state index is 0.135. The fraction of sp³-hybridized carbons (Fsp3) is 0.438. The zero-order chi connectivity index (χ0) is 13.9. The molecule has 1 aromatic heterocycles. The molecule has 1 aliphatic rings. The van der Waals surface area contributed by atoms with Gasteiger partial charge in [-0.15, -0.1) is 11.3 Å². The van der Waals surface area contributed by atoms with Crippen molar-refractivity contribution in [3.05, 3.63) is 51.2 Å². The molecule has 1 N–H and O–H groups in total. The minimum Gasteiger partial charge on any atom is -0.312 e. The van der Waals surface area contributed by atoms with Crippen LogP contribution in [0.2, 0.25) is 0 Å². The van der Waals surface area contributed by atoms with Gasteiger partial charge in [0, 0.05) is 23.8 Å². The van der Waals surface area contributed by atoms with Gasteiger partial charge in [-0.25, -0.2) is 9.37 Å². The summed E-state index contributed by atoms with van der Waals surface area (Å²) in [7, 11) is 0. The van der Waals surface area contributed by atoms with Crippen LogP contribution in [-0.2, 0) is 13.0 Å².